The summed E-state index contributed by atoms with van der Waals surface area (Å²) in [5, 5.41) is 14.5. The molecule has 0 bridgehead atoms. The second-order valence-electron chi connectivity index (χ2n) is 5.67. The number of ketones is 1. The van der Waals surface area contributed by atoms with Crippen molar-refractivity contribution >= 4 is 23.2 Å². The molecule has 1 atom stereocenters. The molecule has 2 aliphatic heterocycles. The first-order valence-corrected chi connectivity index (χ1v) is 8.27. The molecule has 6 heteroatoms. The molecule has 0 saturated heterocycles. The van der Waals surface area contributed by atoms with E-state index in [0.29, 0.717) is 6.42 Å². The minimum absolute atomic E-state index is 0.0776. The molecule has 3 aliphatic rings. The van der Waals surface area contributed by atoms with Gasteiger partial charge in [-0.05, 0) is 18.4 Å². The molecule has 0 amide bonds. The third-order valence-electron chi connectivity index (χ3n) is 4.40. The molecule has 5 nitrogen and oxygen atoms in total. The molecule has 4 rings (SSSR count). The molecule has 22 heavy (non-hydrogen) atoms. The van der Waals surface area contributed by atoms with Crippen LogP contribution in [0.3, 0.4) is 0 Å². The summed E-state index contributed by atoms with van der Waals surface area (Å²) in [6, 6.07) is 6.70. The van der Waals surface area contributed by atoms with Gasteiger partial charge in [-0.2, -0.15) is 0 Å². The summed E-state index contributed by atoms with van der Waals surface area (Å²) in [5.74, 6) is 1.03. The lowest BCUT2D eigenvalue weighted by atomic mass is 9.86. The Labute approximate surface area is 131 Å². The maximum absolute atomic E-state index is 12.3. The van der Waals surface area contributed by atoms with Crippen molar-refractivity contribution < 1.29 is 9.72 Å². The fourth-order valence-corrected chi connectivity index (χ4v) is 4.72. The number of benzene rings is 1. The van der Waals surface area contributed by atoms with Crippen LogP contribution in [-0.4, -0.2) is 16.5 Å². The molecule has 0 aromatic heterocycles. The zero-order valence-electron chi connectivity index (χ0n) is 11.8. The monoisotopic (exact) mass is 314 g/mol. The summed E-state index contributed by atoms with van der Waals surface area (Å²) in [6.07, 6.45) is 2.26. The number of dihydropyridines is 1. The molecule has 0 spiro atoms. The van der Waals surface area contributed by atoms with Crippen LogP contribution in [0.5, 0.6) is 0 Å². The molecule has 1 unspecified atom stereocenters. The lowest BCUT2D eigenvalue weighted by Crippen LogP contribution is -2.23. The Kier molecular flexibility index (Phi) is 3.07. The van der Waals surface area contributed by atoms with Crippen molar-refractivity contribution in [3.05, 3.63) is 61.8 Å². The van der Waals surface area contributed by atoms with Gasteiger partial charge in [0.05, 0.1) is 4.92 Å². The summed E-state index contributed by atoms with van der Waals surface area (Å²) >= 11 is 1.76. The number of nitrogens with one attached hydrogen (secondary N) is 1. The van der Waals surface area contributed by atoms with Gasteiger partial charge in [-0.3, -0.25) is 14.9 Å². The molecule has 1 N–H and O–H groups in total. The van der Waals surface area contributed by atoms with Crippen molar-refractivity contribution in [2.24, 2.45) is 0 Å². The van der Waals surface area contributed by atoms with Gasteiger partial charge >= 0.3 is 0 Å². The largest absolute Gasteiger partial charge is 0.361 e. The number of non-ortho nitro benzene ring substituents is 1. The first kappa shape index (κ1) is 13.6. The van der Waals surface area contributed by atoms with Crippen LogP contribution < -0.4 is 5.32 Å². The summed E-state index contributed by atoms with van der Waals surface area (Å²) in [7, 11) is 0. The number of carbonyl (C=O) groups is 1. The van der Waals surface area contributed by atoms with Crippen molar-refractivity contribution in [3.63, 3.8) is 0 Å². The Balaban J connectivity index is 1.86. The van der Waals surface area contributed by atoms with Crippen LogP contribution in [0.2, 0.25) is 0 Å². The number of rotatable bonds is 2. The summed E-state index contributed by atoms with van der Waals surface area (Å²) in [6.45, 7) is 0. The second kappa shape index (κ2) is 4.98. The zero-order chi connectivity index (χ0) is 15.3. The predicted octanol–water partition coefficient (Wildman–Crippen LogP) is 3.25. The minimum Gasteiger partial charge on any atom is -0.361 e. The summed E-state index contributed by atoms with van der Waals surface area (Å²) in [4.78, 5) is 24.2. The van der Waals surface area contributed by atoms with Gasteiger partial charge in [-0.25, -0.2) is 0 Å². The van der Waals surface area contributed by atoms with E-state index < -0.39 is 0 Å². The Hall–Kier alpha value is -2.08. The average molecular weight is 314 g/mol. The highest BCUT2D eigenvalue weighted by molar-refractivity contribution is 8.03. The number of hydrogen-bond donors (Lipinski definition) is 1. The molecule has 1 aromatic rings. The van der Waals surface area contributed by atoms with E-state index in [1.807, 2.05) is 6.07 Å². The standard InChI is InChI=1S/C16H14N2O3S/c19-13-5-4-11-15(13)14(16-12(17-11)6-7-22-16)9-2-1-3-10(8-9)18(20)21/h1-3,8,14,17H,4-7H2. The van der Waals surface area contributed by atoms with Gasteiger partial charge in [0, 0.05) is 52.1 Å². The molecule has 1 aliphatic carbocycles. The van der Waals surface area contributed by atoms with Gasteiger partial charge in [-0.1, -0.05) is 12.1 Å². The molecule has 0 radical (unpaired) electrons. The topological polar surface area (TPSA) is 72.2 Å². The highest BCUT2D eigenvalue weighted by Gasteiger charge is 2.40. The Morgan fingerprint density at radius 1 is 1.23 bits per heavy atom. The minimum atomic E-state index is -0.382. The van der Waals surface area contributed by atoms with Crippen LogP contribution in [0, 0.1) is 10.1 Å². The van der Waals surface area contributed by atoms with Crippen LogP contribution >= 0.6 is 11.8 Å². The van der Waals surface area contributed by atoms with E-state index in [2.05, 4.69) is 5.32 Å². The molecular weight excluding hydrogens is 300 g/mol. The fourth-order valence-electron chi connectivity index (χ4n) is 3.45. The Bertz CT molecular complexity index is 766. The van der Waals surface area contributed by atoms with Crippen LogP contribution in [0.25, 0.3) is 0 Å². The van der Waals surface area contributed by atoms with Gasteiger partial charge in [-0.15, -0.1) is 11.8 Å². The van der Waals surface area contributed by atoms with Gasteiger partial charge in [0.15, 0.2) is 5.78 Å². The predicted molar refractivity (Wildman–Crippen MR) is 84.3 cm³/mol. The van der Waals surface area contributed by atoms with Crippen LogP contribution in [0.4, 0.5) is 5.69 Å². The van der Waals surface area contributed by atoms with Crippen LogP contribution in [-0.2, 0) is 4.79 Å². The van der Waals surface area contributed by atoms with Gasteiger partial charge < -0.3 is 5.32 Å². The quantitative estimate of drug-likeness (QED) is 0.670. The number of nitro groups is 1. The van der Waals surface area contributed by atoms with Crippen molar-refractivity contribution in [3.8, 4) is 0 Å². The van der Waals surface area contributed by atoms with E-state index in [-0.39, 0.29) is 22.3 Å². The van der Waals surface area contributed by atoms with E-state index in [0.717, 1.165) is 40.3 Å². The smallest absolute Gasteiger partial charge is 0.269 e. The highest BCUT2D eigenvalue weighted by atomic mass is 32.2. The van der Waals surface area contributed by atoms with Crippen LogP contribution in [0.1, 0.15) is 30.7 Å². The van der Waals surface area contributed by atoms with Gasteiger partial charge in [0.2, 0.25) is 0 Å². The number of allylic oxidation sites excluding steroid dienone is 4. The molecule has 0 fully saturated rings. The number of nitro benzene ring substituents is 1. The molecule has 2 heterocycles. The SMILES string of the molecule is O=C1CCC2=C1C(c1cccc([N+](=O)[O-])c1)C1=C(CCS1)N2. The van der Waals surface area contributed by atoms with Crippen molar-refractivity contribution in [2.45, 2.75) is 25.2 Å². The lowest BCUT2D eigenvalue weighted by molar-refractivity contribution is -0.384. The normalized spacial score (nSPS) is 23.5. The van der Waals surface area contributed by atoms with E-state index >= 15 is 0 Å². The van der Waals surface area contributed by atoms with E-state index in [4.69, 9.17) is 0 Å². The maximum Gasteiger partial charge on any atom is 0.269 e. The third-order valence-corrected chi connectivity index (χ3v) is 5.60. The average Bonchev–Trinajstić information content (AvgIpc) is 3.12. The van der Waals surface area contributed by atoms with Crippen LogP contribution in [0.15, 0.2) is 46.1 Å². The van der Waals surface area contributed by atoms with Crippen molar-refractivity contribution in [2.75, 3.05) is 5.75 Å². The maximum atomic E-state index is 12.3. The van der Waals surface area contributed by atoms with Gasteiger partial charge in [0.1, 0.15) is 0 Å². The first-order chi connectivity index (χ1) is 10.6. The first-order valence-electron chi connectivity index (χ1n) is 7.28. The number of hydrogen-bond acceptors (Lipinski definition) is 5. The summed E-state index contributed by atoms with van der Waals surface area (Å²) < 4.78 is 0. The number of Topliss-reactive ketones (excluding diaryl/α,β-unsaturated/α-hetero) is 1. The number of thioether (sulfide) groups is 1. The second-order valence-corrected chi connectivity index (χ2v) is 6.80. The molecular formula is C16H14N2O3S. The molecule has 112 valence electrons. The number of carbonyl (C=O) groups excluding carboxylic acids is 1. The van der Waals surface area contributed by atoms with E-state index in [1.165, 1.54) is 11.8 Å². The zero-order valence-corrected chi connectivity index (χ0v) is 12.6. The van der Waals surface area contributed by atoms with E-state index in [9.17, 15) is 14.9 Å². The molecule has 1 aromatic carbocycles. The number of nitrogens with zero attached hydrogens (tertiary/aromatic N) is 1. The summed E-state index contributed by atoms with van der Waals surface area (Å²) in [5.41, 5.74) is 3.94. The Morgan fingerprint density at radius 2 is 2.09 bits per heavy atom. The highest BCUT2D eigenvalue weighted by Crippen LogP contribution is 2.50. The third kappa shape index (κ3) is 1.98. The molecule has 0 saturated carbocycles. The Morgan fingerprint density at radius 3 is 2.91 bits per heavy atom. The fraction of sp³-hybridized carbons (Fsp3) is 0.312. The lowest BCUT2D eigenvalue weighted by Gasteiger charge is -2.27. The van der Waals surface area contributed by atoms with Gasteiger partial charge in [0.25, 0.3) is 5.69 Å². The van der Waals surface area contributed by atoms with E-state index in [1.54, 1.807) is 23.9 Å². The van der Waals surface area contributed by atoms with Crippen molar-refractivity contribution in [1.29, 1.82) is 0 Å². The van der Waals surface area contributed by atoms with Crippen molar-refractivity contribution in [1.82, 2.24) is 5.32 Å².